The summed E-state index contributed by atoms with van der Waals surface area (Å²) in [7, 11) is 5.26. The van der Waals surface area contributed by atoms with Crippen molar-refractivity contribution in [2.45, 2.75) is 78.9 Å². The lowest BCUT2D eigenvalue weighted by Crippen LogP contribution is -2.62. The second-order valence-corrected chi connectivity index (χ2v) is 11.3. The van der Waals surface area contributed by atoms with Crippen LogP contribution in [0.5, 0.6) is 0 Å². The molecule has 7 heteroatoms. The van der Waals surface area contributed by atoms with Crippen LogP contribution in [-0.4, -0.2) is 73.3 Å². The van der Waals surface area contributed by atoms with Gasteiger partial charge >= 0.3 is 0 Å². The van der Waals surface area contributed by atoms with Crippen molar-refractivity contribution in [3.63, 3.8) is 0 Å². The minimum atomic E-state index is -0.726. The number of benzene rings is 1. The average molecular weight is 475 g/mol. The molecule has 1 rings (SSSR count). The summed E-state index contributed by atoms with van der Waals surface area (Å²) in [5.41, 5.74) is 0.0270. The van der Waals surface area contributed by atoms with Gasteiger partial charge in [-0.3, -0.25) is 14.4 Å². The van der Waals surface area contributed by atoms with Crippen LogP contribution in [0.4, 0.5) is 0 Å². The Morgan fingerprint density at radius 3 is 1.88 bits per heavy atom. The van der Waals surface area contributed by atoms with Gasteiger partial charge in [0.1, 0.15) is 6.04 Å². The molecule has 0 aliphatic carbocycles. The second kappa shape index (κ2) is 11.8. The normalized spacial score (nSPS) is 14.8. The summed E-state index contributed by atoms with van der Waals surface area (Å²) >= 11 is 0. The Kier molecular flexibility index (Phi) is 10.3. The summed E-state index contributed by atoms with van der Waals surface area (Å²) in [5, 5.41) is 6.23. The zero-order valence-electron chi connectivity index (χ0n) is 23.0. The van der Waals surface area contributed by atoms with Crippen LogP contribution >= 0.6 is 0 Å². The molecule has 0 saturated carbocycles. The molecule has 0 spiro atoms. The maximum Gasteiger partial charge on any atom is 0.245 e. The lowest BCUT2D eigenvalue weighted by molar-refractivity contribution is -0.143. The van der Waals surface area contributed by atoms with Crippen LogP contribution in [-0.2, 0) is 19.8 Å². The molecule has 2 N–H and O–H groups in total. The summed E-state index contributed by atoms with van der Waals surface area (Å²) in [6.07, 6.45) is 0. The number of rotatable bonds is 10. The molecule has 0 aliphatic rings. The van der Waals surface area contributed by atoms with E-state index < -0.39 is 22.9 Å². The molecule has 34 heavy (non-hydrogen) atoms. The molecule has 0 aromatic heterocycles. The molecule has 0 unspecified atom stereocenters. The van der Waals surface area contributed by atoms with Gasteiger partial charge in [0.2, 0.25) is 17.7 Å². The van der Waals surface area contributed by atoms with Crippen molar-refractivity contribution in [2.75, 3.05) is 27.7 Å². The van der Waals surface area contributed by atoms with Crippen molar-refractivity contribution >= 4 is 17.7 Å². The largest absolute Gasteiger partial charge is 0.344 e. The van der Waals surface area contributed by atoms with Crippen LogP contribution in [0.25, 0.3) is 0 Å². The molecule has 0 fully saturated rings. The summed E-state index contributed by atoms with van der Waals surface area (Å²) in [5.74, 6) is -0.301. The Labute approximate surface area is 206 Å². The quantitative estimate of drug-likeness (QED) is 0.546. The standard InChI is InChI=1S/C27H46N4O3/c1-18(2)21(17-30(10)19(3)32)31(11)25(34)23(26(4,5)6)29-24(33)22(28-9)27(7,8)20-15-13-12-14-16-20/h12-16,18,21-23,28H,17H2,1-11H3,(H,29,33)/t21-,22-,23-/m1/s1. The predicted molar refractivity (Wildman–Crippen MR) is 138 cm³/mol. The van der Waals surface area contributed by atoms with E-state index in [0.29, 0.717) is 6.54 Å². The highest BCUT2D eigenvalue weighted by molar-refractivity contribution is 5.91. The molecule has 192 valence electrons. The van der Waals surface area contributed by atoms with Crippen molar-refractivity contribution in [1.82, 2.24) is 20.4 Å². The Hall–Kier alpha value is -2.41. The van der Waals surface area contributed by atoms with Gasteiger partial charge in [0.05, 0.1) is 12.1 Å². The zero-order valence-corrected chi connectivity index (χ0v) is 23.0. The second-order valence-electron chi connectivity index (χ2n) is 11.3. The summed E-state index contributed by atoms with van der Waals surface area (Å²) in [6, 6.07) is 8.45. The minimum Gasteiger partial charge on any atom is -0.344 e. The number of likely N-dealkylation sites (N-methyl/N-ethyl adjacent to an activating group) is 3. The Balaban J connectivity index is 3.22. The smallest absolute Gasteiger partial charge is 0.245 e. The third-order valence-corrected chi connectivity index (χ3v) is 6.80. The van der Waals surface area contributed by atoms with Gasteiger partial charge in [-0.05, 0) is 23.9 Å². The Bertz CT molecular complexity index is 830. The van der Waals surface area contributed by atoms with Gasteiger partial charge in [0.25, 0.3) is 0 Å². The first-order valence-electron chi connectivity index (χ1n) is 12.1. The lowest BCUT2D eigenvalue weighted by Gasteiger charge is -2.41. The number of amides is 3. The first kappa shape index (κ1) is 29.6. The van der Waals surface area contributed by atoms with E-state index in [0.717, 1.165) is 5.56 Å². The zero-order chi connectivity index (χ0) is 26.4. The minimum absolute atomic E-state index is 0.0489. The van der Waals surface area contributed by atoms with E-state index in [2.05, 4.69) is 10.6 Å². The van der Waals surface area contributed by atoms with Gasteiger partial charge in [-0.2, -0.15) is 0 Å². The van der Waals surface area contributed by atoms with Crippen LogP contribution in [0.1, 0.15) is 61.0 Å². The van der Waals surface area contributed by atoms with Crippen molar-refractivity contribution in [2.24, 2.45) is 11.3 Å². The average Bonchev–Trinajstić information content (AvgIpc) is 2.74. The van der Waals surface area contributed by atoms with Gasteiger partial charge in [0.15, 0.2) is 0 Å². The molecular weight excluding hydrogens is 428 g/mol. The fourth-order valence-corrected chi connectivity index (χ4v) is 4.29. The molecule has 3 amide bonds. The Morgan fingerprint density at radius 1 is 0.941 bits per heavy atom. The summed E-state index contributed by atoms with van der Waals surface area (Å²) in [4.78, 5) is 42.4. The fraction of sp³-hybridized carbons (Fsp3) is 0.667. The van der Waals surface area contributed by atoms with Crippen LogP contribution in [0.15, 0.2) is 30.3 Å². The van der Waals surface area contributed by atoms with E-state index in [4.69, 9.17) is 0 Å². The van der Waals surface area contributed by atoms with Crippen molar-refractivity contribution in [3.05, 3.63) is 35.9 Å². The number of hydrogen-bond acceptors (Lipinski definition) is 4. The van der Waals surface area contributed by atoms with E-state index in [-0.39, 0.29) is 29.7 Å². The lowest BCUT2D eigenvalue weighted by atomic mass is 9.76. The van der Waals surface area contributed by atoms with Crippen molar-refractivity contribution in [3.8, 4) is 0 Å². The number of carbonyl (C=O) groups is 3. The number of hydrogen-bond donors (Lipinski definition) is 2. The topological polar surface area (TPSA) is 81.8 Å². The van der Waals surface area contributed by atoms with Crippen LogP contribution < -0.4 is 10.6 Å². The predicted octanol–water partition coefficient (Wildman–Crippen LogP) is 3.04. The van der Waals surface area contributed by atoms with E-state index in [9.17, 15) is 14.4 Å². The molecule has 0 bridgehead atoms. The maximum absolute atomic E-state index is 13.7. The number of nitrogens with one attached hydrogen (secondary N) is 2. The highest BCUT2D eigenvalue weighted by Crippen LogP contribution is 2.29. The van der Waals surface area contributed by atoms with Gasteiger partial charge in [-0.25, -0.2) is 0 Å². The van der Waals surface area contributed by atoms with Gasteiger partial charge in [0, 0.05) is 33.0 Å². The van der Waals surface area contributed by atoms with Crippen LogP contribution in [0, 0.1) is 11.3 Å². The first-order chi connectivity index (χ1) is 15.5. The molecule has 1 aromatic rings. The SMILES string of the molecule is CN[C@H](C(=O)N[C@H](C(=O)N(C)[C@H](CN(C)C(C)=O)C(C)C)C(C)(C)C)C(C)(C)c1ccccc1. The summed E-state index contributed by atoms with van der Waals surface area (Å²) in [6.45, 7) is 15.9. The molecule has 3 atom stereocenters. The molecule has 7 nitrogen and oxygen atoms in total. The van der Waals surface area contributed by atoms with E-state index in [1.54, 1.807) is 30.9 Å². The van der Waals surface area contributed by atoms with Gasteiger partial charge in [-0.15, -0.1) is 0 Å². The Morgan fingerprint density at radius 2 is 1.47 bits per heavy atom. The van der Waals surface area contributed by atoms with Crippen LogP contribution in [0.2, 0.25) is 0 Å². The van der Waals surface area contributed by atoms with E-state index in [1.807, 2.05) is 78.8 Å². The highest BCUT2D eigenvalue weighted by Gasteiger charge is 2.41. The molecule has 0 aliphatic heterocycles. The first-order valence-corrected chi connectivity index (χ1v) is 12.1. The molecule has 1 aromatic carbocycles. The molecule has 0 heterocycles. The van der Waals surface area contributed by atoms with Crippen LogP contribution in [0.3, 0.4) is 0 Å². The van der Waals surface area contributed by atoms with Crippen molar-refractivity contribution < 1.29 is 14.4 Å². The third kappa shape index (κ3) is 7.29. The highest BCUT2D eigenvalue weighted by atomic mass is 16.2. The molecule has 0 radical (unpaired) electrons. The number of nitrogens with zero attached hydrogens (tertiary/aromatic N) is 2. The van der Waals surface area contributed by atoms with E-state index >= 15 is 0 Å². The fourth-order valence-electron chi connectivity index (χ4n) is 4.29. The van der Waals surface area contributed by atoms with Gasteiger partial charge < -0.3 is 20.4 Å². The third-order valence-electron chi connectivity index (χ3n) is 6.80. The van der Waals surface area contributed by atoms with Crippen molar-refractivity contribution in [1.29, 1.82) is 0 Å². The van der Waals surface area contributed by atoms with Gasteiger partial charge in [-0.1, -0.05) is 78.8 Å². The molecular formula is C27H46N4O3. The molecule has 0 saturated heterocycles. The number of carbonyl (C=O) groups excluding carboxylic acids is 3. The summed E-state index contributed by atoms with van der Waals surface area (Å²) < 4.78 is 0. The monoisotopic (exact) mass is 474 g/mol. The van der Waals surface area contributed by atoms with E-state index in [1.165, 1.54) is 6.92 Å². The maximum atomic E-state index is 13.7.